The summed E-state index contributed by atoms with van der Waals surface area (Å²) in [6.45, 7) is 6.42. The van der Waals surface area contributed by atoms with Crippen LogP contribution in [0.3, 0.4) is 0 Å². The Morgan fingerprint density at radius 3 is 2.47 bits per heavy atom. The van der Waals surface area contributed by atoms with Crippen molar-refractivity contribution in [3.8, 4) is 17.1 Å². The van der Waals surface area contributed by atoms with Crippen molar-refractivity contribution in [2.24, 2.45) is 0 Å². The average Bonchev–Trinajstić information content (AvgIpc) is 3.27. The third-order valence-corrected chi connectivity index (χ3v) is 6.88. The molecule has 0 radical (unpaired) electrons. The minimum Gasteiger partial charge on any atom is -0.325 e. The molecule has 1 aromatic heterocycles. The van der Waals surface area contributed by atoms with E-state index in [-0.39, 0.29) is 11.7 Å². The fraction of sp³-hybridized carbons (Fsp3) is 0.222. The Morgan fingerprint density at radius 1 is 1.06 bits per heavy atom. The minimum absolute atomic E-state index is 0.0935. The molecule has 0 aliphatic carbocycles. The molecule has 1 atom stereocenters. The van der Waals surface area contributed by atoms with Crippen LogP contribution in [0.2, 0.25) is 5.02 Å². The van der Waals surface area contributed by atoms with Gasteiger partial charge in [-0.2, -0.15) is 0 Å². The molecule has 0 fully saturated rings. The van der Waals surface area contributed by atoms with Gasteiger partial charge in [-0.15, -0.1) is 10.2 Å². The molecule has 1 heterocycles. The van der Waals surface area contributed by atoms with Crippen LogP contribution in [0.4, 0.5) is 5.69 Å². The maximum atomic E-state index is 12.7. The number of carbonyl (C=O) groups excluding carboxylic acids is 1. The Morgan fingerprint density at radius 2 is 1.79 bits per heavy atom. The number of anilines is 1. The lowest BCUT2D eigenvalue weighted by atomic mass is 9.99. The Bertz CT molecular complexity index is 1270. The van der Waals surface area contributed by atoms with Gasteiger partial charge in [0.05, 0.1) is 5.75 Å². The molecule has 0 bridgehead atoms. The summed E-state index contributed by atoms with van der Waals surface area (Å²) in [7, 11) is 0. The number of amides is 1. The molecule has 4 rings (SSSR count). The van der Waals surface area contributed by atoms with E-state index in [9.17, 15) is 4.79 Å². The topological polar surface area (TPSA) is 59.8 Å². The van der Waals surface area contributed by atoms with Crippen LogP contribution in [0.1, 0.15) is 37.3 Å². The zero-order valence-electron chi connectivity index (χ0n) is 19.5. The van der Waals surface area contributed by atoms with Crippen LogP contribution in [0.5, 0.6) is 0 Å². The van der Waals surface area contributed by atoms with Crippen LogP contribution < -0.4 is 5.32 Å². The van der Waals surface area contributed by atoms with Gasteiger partial charge >= 0.3 is 0 Å². The number of halogens is 1. The molecule has 0 aliphatic heterocycles. The monoisotopic (exact) mass is 490 g/mol. The van der Waals surface area contributed by atoms with Crippen LogP contribution in [-0.2, 0) is 4.79 Å². The van der Waals surface area contributed by atoms with E-state index < -0.39 is 0 Å². The predicted octanol–water partition coefficient (Wildman–Crippen LogP) is 7.14. The Balaban J connectivity index is 1.53. The molecular weight excluding hydrogens is 464 g/mol. The molecule has 4 aromatic rings. The van der Waals surface area contributed by atoms with Crippen molar-refractivity contribution >= 4 is 35.0 Å². The molecule has 0 saturated carbocycles. The molecule has 0 saturated heterocycles. The Kier molecular flexibility index (Phi) is 7.70. The number of hydrogen-bond donors (Lipinski definition) is 1. The highest BCUT2D eigenvalue weighted by atomic mass is 35.5. The van der Waals surface area contributed by atoms with E-state index in [1.165, 1.54) is 17.3 Å². The van der Waals surface area contributed by atoms with E-state index in [2.05, 4.69) is 47.6 Å². The number of aryl methyl sites for hydroxylation is 1. The first-order chi connectivity index (χ1) is 16.4. The second-order valence-electron chi connectivity index (χ2n) is 8.26. The van der Waals surface area contributed by atoms with Gasteiger partial charge in [0.25, 0.3) is 0 Å². The quantitative estimate of drug-likeness (QED) is 0.266. The summed E-state index contributed by atoms with van der Waals surface area (Å²) >= 11 is 7.46. The first-order valence-corrected chi connectivity index (χ1v) is 12.6. The molecular formula is C27H27ClN4OS. The van der Waals surface area contributed by atoms with E-state index in [1.54, 1.807) is 0 Å². The van der Waals surface area contributed by atoms with Gasteiger partial charge in [-0.25, -0.2) is 0 Å². The van der Waals surface area contributed by atoms with E-state index in [0.717, 1.165) is 34.7 Å². The maximum absolute atomic E-state index is 12.7. The number of aromatic nitrogens is 3. The molecule has 0 aliphatic rings. The second kappa shape index (κ2) is 10.9. The van der Waals surface area contributed by atoms with E-state index in [1.807, 2.05) is 66.1 Å². The van der Waals surface area contributed by atoms with Gasteiger partial charge < -0.3 is 5.32 Å². The minimum atomic E-state index is -0.0935. The largest absolute Gasteiger partial charge is 0.325 e. The van der Waals surface area contributed by atoms with Gasteiger partial charge in [-0.05, 0) is 67.3 Å². The molecule has 0 unspecified atom stereocenters. The van der Waals surface area contributed by atoms with Gasteiger partial charge in [-0.1, -0.05) is 73.1 Å². The van der Waals surface area contributed by atoms with Crippen LogP contribution in [0, 0.1) is 6.92 Å². The first kappa shape index (κ1) is 24.0. The molecule has 1 amide bonds. The van der Waals surface area contributed by atoms with Crippen LogP contribution in [0.25, 0.3) is 17.1 Å². The standard InChI is InChI=1S/C27H27ClN4OS/c1-4-19(3)20-8-12-23(13-9-20)29-25(33)17-34-27-31-30-26(21-7-5-6-18(2)16-21)32(27)24-14-10-22(28)11-15-24/h5-16,19H,4,17H2,1-3H3,(H,29,33)/t19-/m1/s1. The number of hydrogen-bond acceptors (Lipinski definition) is 4. The number of nitrogens with one attached hydrogen (secondary N) is 1. The summed E-state index contributed by atoms with van der Waals surface area (Å²) in [6, 6.07) is 23.7. The third-order valence-electron chi connectivity index (χ3n) is 5.70. The van der Waals surface area contributed by atoms with Crippen molar-refractivity contribution in [1.82, 2.24) is 14.8 Å². The zero-order chi connectivity index (χ0) is 24.1. The predicted molar refractivity (Wildman–Crippen MR) is 141 cm³/mol. The lowest BCUT2D eigenvalue weighted by Gasteiger charge is -2.12. The maximum Gasteiger partial charge on any atom is 0.234 e. The summed E-state index contributed by atoms with van der Waals surface area (Å²) in [5, 5.41) is 13.1. The molecule has 7 heteroatoms. The number of rotatable bonds is 8. The van der Waals surface area contributed by atoms with Crippen molar-refractivity contribution in [1.29, 1.82) is 0 Å². The van der Waals surface area contributed by atoms with Gasteiger partial charge in [0.15, 0.2) is 11.0 Å². The third kappa shape index (κ3) is 5.69. The Labute approximate surface area is 209 Å². The first-order valence-electron chi connectivity index (χ1n) is 11.3. The molecule has 0 spiro atoms. The van der Waals surface area contributed by atoms with E-state index in [0.29, 0.717) is 16.1 Å². The summed E-state index contributed by atoms with van der Waals surface area (Å²) < 4.78 is 1.96. The molecule has 3 aromatic carbocycles. The van der Waals surface area contributed by atoms with E-state index in [4.69, 9.17) is 11.6 Å². The normalized spacial score (nSPS) is 11.9. The van der Waals surface area contributed by atoms with Crippen molar-refractivity contribution in [3.05, 3.63) is 88.9 Å². The number of thioether (sulfide) groups is 1. The van der Waals surface area contributed by atoms with Gasteiger partial charge in [0.2, 0.25) is 5.91 Å². The number of benzene rings is 3. The lowest BCUT2D eigenvalue weighted by Crippen LogP contribution is -2.14. The van der Waals surface area contributed by atoms with E-state index >= 15 is 0 Å². The SMILES string of the molecule is CC[C@@H](C)c1ccc(NC(=O)CSc2nnc(-c3cccc(C)c3)n2-c2ccc(Cl)cc2)cc1. The highest BCUT2D eigenvalue weighted by molar-refractivity contribution is 7.99. The molecule has 34 heavy (non-hydrogen) atoms. The average molecular weight is 491 g/mol. The summed E-state index contributed by atoms with van der Waals surface area (Å²) in [5.74, 6) is 1.34. The number of nitrogens with zero attached hydrogens (tertiary/aromatic N) is 3. The van der Waals surface area contributed by atoms with Crippen molar-refractivity contribution in [2.45, 2.75) is 38.3 Å². The zero-order valence-corrected chi connectivity index (χ0v) is 21.0. The fourth-order valence-electron chi connectivity index (χ4n) is 3.62. The van der Waals surface area contributed by atoms with Gasteiger partial charge in [0.1, 0.15) is 0 Å². The Hall–Kier alpha value is -3.09. The van der Waals surface area contributed by atoms with Gasteiger partial charge in [0, 0.05) is 22.0 Å². The molecule has 1 N–H and O–H groups in total. The van der Waals surface area contributed by atoms with Crippen LogP contribution in [-0.4, -0.2) is 26.4 Å². The summed E-state index contributed by atoms with van der Waals surface area (Å²) in [5.41, 5.74) is 5.04. The lowest BCUT2D eigenvalue weighted by molar-refractivity contribution is -0.113. The highest BCUT2D eigenvalue weighted by Gasteiger charge is 2.17. The summed E-state index contributed by atoms with van der Waals surface area (Å²) in [6.07, 6.45) is 1.08. The van der Waals surface area contributed by atoms with Crippen molar-refractivity contribution in [3.63, 3.8) is 0 Å². The van der Waals surface area contributed by atoms with Crippen LogP contribution >= 0.6 is 23.4 Å². The fourth-order valence-corrected chi connectivity index (χ4v) is 4.49. The van der Waals surface area contributed by atoms with Gasteiger partial charge in [-0.3, -0.25) is 9.36 Å². The second-order valence-corrected chi connectivity index (χ2v) is 9.63. The number of carbonyl (C=O) groups is 1. The van der Waals surface area contributed by atoms with Crippen molar-refractivity contribution in [2.75, 3.05) is 11.1 Å². The molecule has 174 valence electrons. The van der Waals surface area contributed by atoms with Crippen LogP contribution in [0.15, 0.2) is 78.0 Å². The smallest absolute Gasteiger partial charge is 0.234 e. The highest BCUT2D eigenvalue weighted by Crippen LogP contribution is 2.29. The summed E-state index contributed by atoms with van der Waals surface area (Å²) in [4.78, 5) is 12.7. The molecule has 5 nitrogen and oxygen atoms in total. The van der Waals surface area contributed by atoms with Crippen molar-refractivity contribution < 1.29 is 4.79 Å².